The molecule has 0 saturated carbocycles. The second-order valence-corrected chi connectivity index (χ2v) is 13.4. The minimum atomic E-state index is -3.97. The molecule has 1 atom stereocenters. The van der Waals surface area contributed by atoms with Crippen molar-refractivity contribution in [2.75, 3.05) is 62.3 Å². The van der Waals surface area contributed by atoms with Crippen LogP contribution in [0.25, 0.3) is 0 Å². The molecule has 0 unspecified atom stereocenters. The van der Waals surface area contributed by atoms with E-state index in [1.54, 1.807) is 32.2 Å². The fraction of sp³-hybridized carbons (Fsp3) is 0.382. The van der Waals surface area contributed by atoms with E-state index in [0.717, 1.165) is 48.8 Å². The molecular formula is C34H40N6O6S. The summed E-state index contributed by atoms with van der Waals surface area (Å²) in [5, 5.41) is 12.4. The van der Waals surface area contributed by atoms with E-state index in [-0.39, 0.29) is 24.7 Å². The third-order valence-corrected chi connectivity index (χ3v) is 9.73. The average Bonchev–Trinajstić information content (AvgIpc) is 3.09. The number of aromatic nitrogens is 1. The zero-order valence-electron chi connectivity index (χ0n) is 26.6. The van der Waals surface area contributed by atoms with Crippen molar-refractivity contribution in [3.05, 3.63) is 89.2 Å². The van der Waals surface area contributed by atoms with Gasteiger partial charge in [0, 0.05) is 68.8 Å². The van der Waals surface area contributed by atoms with Crippen LogP contribution < -0.4 is 19.8 Å². The van der Waals surface area contributed by atoms with E-state index in [1.807, 2.05) is 36.4 Å². The van der Waals surface area contributed by atoms with Gasteiger partial charge < -0.3 is 25.0 Å². The predicted molar refractivity (Wildman–Crippen MR) is 179 cm³/mol. The molecule has 1 aromatic heterocycles. The highest BCUT2D eigenvalue weighted by atomic mass is 32.2. The van der Waals surface area contributed by atoms with E-state index in [1.165, 1.54) is 4.31 Å². The Hall–Kier alpha value is -4.48. The molecule has 0 spiro atoms. The lowest BCUT2D eigenvalue weighted by Gasteiger charge is -2.36. The number of anilines is 2. The number of pyridine rings is 1. The SMILES string of the molecule is CC(C)[C@@H](NS(=O)(=O)N1CCN(c2ccccc2C#Cc2ccnc(C(=O)NCc3ccc(N4CCOCC4)cc3)c2)CC1)C(=O)O. The monoisotopic (exact) mass is 660 g/mol. The summed E-state index contributed by atoms with van der Waals surface area (Å²) in [6, 6.07) is 17.9. The van der Waals surface area contributed by atoms with Crippen molar-refractivity contribution >= 4 is 33.5 Å². The summed E-state index contributed by atoms with van der Waals surface area (Å²) in [7, 11) is -3.97. The maximum Gasteiger partial charge on any atom is 0.322 e. The lowest BCUT2D eigenvalue weighted by atomic mass is 10.1. The van der Waals surface area contributed by atoms with Crippen molar-refractivity contribution < 1.29 is 27.9 Å². The number of amides is 1. The minimum Gasteiger partial charge on any atom is -0.480 e. The van der Waals surface area contributed by atoms with Gasteiger partial charge in [-0.25, -0.2) is 0 Å². The molecule has 1 amide bonds. The lowest BCUT2D eigenvalue weighted by Crippen LogP contribution is -2.55. The zero-order valence-corrected chi connectivity index (χ0v) is 27.4. The largest absolute Gasteiger partial charge is 0.480 e. The quantitative estimate of drug-likeness (QED) is 0.279. The molecule has 2 aliphatic heterocycles. The number of para-hydroxylation sites is 1. The van der Waals surface area contributed by atoms with Crippen LogP contribution in [0.3, 0.4) is 0 Å². The predicted octanol–water partition coefficient (Wildman–Crippen LogP) is 2.31. The van der Waals surface area contributed by atoms with Crippen LogP contribution in [0.5, 0.6) is 0 Å². The normalized spacial score (nSPS) is 16.3. The molecule has 5 rings (SSSR count). The maximum atomic E-state index is 12.9. The molecule has 248 valence electrons. The molecule has 3 N–H and O–H groups in total. The van der Waals surface area contributed by atoms with Crippen molar-refractivity contribution in [3.63, 3.8) is 0 Å². The summed E-state index contributed by atoms with van der Waals surface area (Å²) in [5.41, 5.74) is 4.65. The van der Waals surface area contributed by atoms with Gasteiger partial charge >= 0.3 is 5.97 Å². The molecule has 0 aliphatic carbocycles. The summed E-state index contributed by atoms with van der Waals surface area (Å²) in [6.45, 7) is 8.09. The van der Waals surface area contributed by atoms with Gasteiger partial charge in [-0.15, -0.1) is 0 Å². The number of carbonyl (C=O) groups excluding carboxylic acids is 1. The molecule has 3 heterocycles. The number of nitrogens with one attached hydrogen (secondary N) is 2. The van der Waals surface area contributed by atoms with Gasteiger partial charge in [0.25, 0.3) is 16.1 Å². The number of carboxylic acid groups (broad SMARTS) is 1. The third kappa shape index (κ3) is 8.87. The van der Waals surface area contributed by atoms with Gasteiger partial charge in [0.05, 0.1) is 18.9 Å². The summed E-state index contributed by atoms with van der Waals surface area (Å²) >= 11 is 0. The Morgan fingerprint density at radius 3 is 2.32 bits per heavy atom. The first-order valence-electron chi connectivity index (χ1n) is 15.6. The number of morpholine rings is 1. The van der Waals surface area contributed by atoms with Crippen LogP contribution in [0.4, 0.5) is 11.4 Å². The Labute approximate surface area is 275 Å². The topological polar surface area (TPSA) is 144 Å². The van der Waals surface area contributed by atoms with Gasteiger partial charge in [-0.05, 0) is 47.9 Å². The van der Waals surface area contributed by atoms with E-state index in [4.69, 9.17) is 4.74 Å². The fourth-order valence-electron chi connectivity index (χ4n) is 5.42. The Bertz CT molecular complexity index is 1720. The third-order valence-electron chi connectivity index (χ3n) is 8.13. The number of piperazine rings is 1. The van der Waals surface area contributed by atoms with Crippen molar-refractivity contribution in [1.82, 2.24) is 19.3 Å². The minimum absolute atomic E-state index is 0.197. The molecule has 3 aromatic rings. The van der Waals surface area contributed by atoms with Crippen LogP contribution in [0, 0.1) is 17.8 Å². The molecule has 2 aromatic carbocycles. The zero-order chi connectivity index (χ0) is 33.4. The molecule has 0 bridgehead atoms. The van der Waals surface area contributed by atoms with E-state index in [9.17, 15) is 23.1 Å². The van der Waals surface area contributed by atoms with Gasteiger partial charge in [-0.1, -0.05) is 50.0 Å². The van der Waals surface area contributed by atoms with Crippen molar-refractivity contribution in [2.24, 2.45) is 5.92 Å². The van der Waals surface area contributed by atoms with E-state index in [2.05, 4.69) is 48.8 Å². The molecule has 13 heteroatoms. The first-order valence-corrected chi connectivity index (χ1v) is 17.1. The second-order valence-electron chi connectivity index (χ2n) is 11.7. The highest BCUT2D eigenvalue weighted by molar-refractivity contribution is 7.87. The smallest absolute Gasteiger partial charge is 0.322 e. The summed E-state index contributed by atoms with van der Waals surface area (Å²) < 4.78 is 34.8. The number of hydrogen-bond donors (Lipinski definition) is 3. The highest BCUT2D eigenvalue weighted by Crippen LogP contribution is 2.22. The number of carbonyl (C=O) groups is 2. The van der Waals surface area contributed by atoms with Crippen LogP contribution in [0.15, 0.2) is 66.9 Å². The Kier molecular flexibility index (Phi) is 11.1. The van der Waals surface area contributed by atoms with Gasteiger partial charge in [-0.3, -0.25) is 14.6 Å². The van der Waals surface area contributed by atoms with Gasteiger partial charge in [0.1, 0.15) is 11.7 Å². The molecule has 47 heavy (non-hydrogen) atoms. The standard InChI is InChI=1S/C34H40N6O6S/c1-25(2)32(34(42)43)37-47(44,45)40-17-15-39(16-18-40)31-6-4-3-5-28(31)10-7-26-13-14-35-30(23-26)33(41)36-24-27-8-11-29(12-9-27)38-19-21-46-22-20-38/h3-6,8-9,11-14,23,25,32,37H,15-22,24H2,1-2H3,(H,36,41)(H,42,43)/t32-/m1/s1. The first kappa shape index (κ1) is 33.9. The van der Waals surface area contributed by atoms with Crippen molar-refractivity contribution in [2.45, 2.75) is 26.4 Å². The number of rotatable bonds is 10. The Balaban J connectivity index is 1.19. The molecule has 2 saturated heterocycles. The molecule has 12 nitrogen and oxygen atoms in total. The molecular weight excluding hydrogens is 620 g/mol. The Morgan fingerprint density at radius 2 is 1.64 bits per heavy atom. The summed E-state index contributed by atoms with van der Waals surface area (Å²) in [6.07, 6.45) is 1.56. The van der Waals surface area contributed by atoms with E-state index < -0.39 is 28.1 Å². The fourth-order valence-corrected chi connectivity index (χ4v) is 6.91. The number of aliphatic carboxylic acids is 1. The lowest BCUT2D eigenvalue weighted by molar-refractivity contribution is -0.140. The average molecular weight is 661 g/mol. The number of benzene rings is 2. The summed E-state index contributed by atoms with van der Waals surface area (Å²) in [4.78, 5) is 33.0. The number of ether oxygens (including phenoxy) is 1. The van der Waals surface area contributed by atoms with Crippen LogP contribution in [-0.4, -0.2) is 93.2 Å². The summed E-state index contributed by atoms with van der Waals surface area (Å²) in [5.74, 6) is 4.44. The van der Waals surface area contributed by atoms with Gasteiger partial charge in [0.15, 0.2) is 0 Å². The number of nitrogens with zero attached hydrogens (tertiary/aromatic N) is 4. The highest BCUT2D eigenvalue weighted by Gasteiger charge is 2.33. The second kappa shape index (κ2) is 15.4. The van der Waals surface area contributed by atoms with E-state index in [0.29, 0.717) is 25.2 Å². The number of hydrogen-bond acceptors (Lipinski definition) is 8. The van der Waals surface area contributed by atoms with Crippen molar-refractivity contribution in [3.8, 4) is 11.8 Å². The Morgan fingerprint density at radius 1 is 0.936 bits per heavy atom. The number of carboxylic acids is 1. The maximum absolute atomic E-state index is 12.9. The van der Waals surface area contributed by atoms with Crippen molar-refractivity contribution in [1.29, 1.82) is 0 Å². The first-order chi connectivity index (χ1) is 22.6. The van der Waals surface area contributed by atoms with Gasteiger partial charge in [0.2, 0.25) is 0 Å². The van der Waals surface area contributed by atoms with Crippen LogP contribution in [-0.2, 0) is 26.3 Å². The van der Waals surface area contributed by atoms with Crippen LogP contribution in [0.2, 0.25) is 0 Å². The van der Waals surface area contributed by atoms with E-state index >= 15 is 0 Å². The van der Waals surface area contributed by atoms with Gasteiger partial charge in [-0.2, -0.15) is 17.4 Å². The molecule has 2 fully saturated rings. The molecule has 0 radical (unpaired) electrons. The molecule has 2 aliphatic rings. The van der Waals surface area contributed by atoms with Crippen LogP contribution >= 0.6 is 0 Å². The van der Waals surface area contributed by atoms with Crippen LogP contribution in [0.1, 0.15) is 41.0 Å².